The number of nitriles is 1. The smallest absolute Gasteiger partial charge is 0.376 e. The minimum Gasteiger partial charge on any atom is -0.376 e. The molecule has 0 amide bonds. The van der Waals surface area contributed by atoms with E-state index < -0.39 is 101 Å². The van der Waals surface area contributed by atoms with Gasteiger partial charge in [0.05, 0.1) is 0 Å². The van der Waals surface area contributed by atoms with Crippen LogP contribution in [0.2, 0.25) is 0 Å². The quantitative estimate of drug-likeness (QED) is 0.177. The van der Waals surface area contributed by atoms with Crippen molar-refractivity contribution >= 4 is 31.7 Å². The first-order valence-electron chi connectivity index (χ1n) is 9.27. The van der Waals surface area contributed by atoms with Gasteiger partial charge in [-0.15, -0.1) is 0 Å². The minimum absolute atomic E-state index is 0.438. The van der Waals surface area contributed by atoms with Crippen LogP contribution in [0.5, 0.6) is 0 Å². The molecule has 0 unspecified atom stereocenters. The summed E-state index contributed by atoms with van der Waals surface area (Å²) in [5, 5.41) is 8.01. The molecule has 0 fully saturated rings. The van der Waals surface area contributed by atoms with Crippen molar-refractivity contribution < 1.29 is 104 Å². The van der Waals surface area contributed by atoms with Gasteiger partial charge in [0.15, 0.2) is 11.5 Å². The van der Waals surface area contributed by atoms with E-state index in [1.165, 1.54) is 0 Å². The summed E-state index contributed by atoms with van der Waals surface area (Å²) in [6.45, 7) is 0. The van der Waals surface area contributed by atoms with Crippen LogP contribution in [0, 0.1) is 22.1 Å². The molecular weight excluding hydrogens is 724 g/mol. The van der Waals surface area contributed by atoms with Gasteiger partial charge in [-0.3, -0.25) is 10.8 Å². The van der Waals surface area contributed by atoms with Gasteiger partial charge in [0.2, 0.25) is 0 Å². The van der Waals surface area contributed by atoms with E-state index in [1.54, 1.807) is 0 Å². The molecule has 0 aromatic heterocycles. The standard InChI is InChI=1S/C15H3F18N3O6S2/c16-8(17,12(24,25)26)10(20,21)14(30,31)43(37,38)41-4-1-3(2-34)7(6(36)5(4)35)42-44(39,40)15(32,33)11(22,23)9(18,19)13(27,28)29/h1,35-36H. The molecule has 0 spiro atoms. The Morgan fingerprint density at radius 3 is 1.18 bits per heavy atom. The Labute approximate surface area is 228 Å². The Morgan fingerprint density at radius 2 is 0.886 bits per heavy atom. The fourth-order valence-corrected chi connectivity index (χ4v) is 4.10. The number of halogens is 18. The van der Waals surface area contributed by atoms with Crippen molar-refractivity contribution in [3.8, 4) is 6.07 Å². The molecule has 1 aliphatic carbocycles. The van der Waals surface area contributed by atoms with Crippen LogP contribution >= 0.6 is 0 Å². The third-order valence-corrected chi connectivity index (χ3v) is 7.17. The fourth-order valence-electron chi connectivity index (χ4n) is 2.24. The number of nitrogens with one attached hydrogen (secondary N) is 2. The summed E-state index contributed by atoms with van der Waals surface area (Å²) in [4.78, 5) is 0. The molecule has 44 heavy (non-hydrogen) atoms. The van der Waals surface area contributed by atoms with Crippen molar-refractivity contribution in [1.82, 2.24) is 0 Å². The minimum atomic E-state index is -7.99. The third-order valence-electron chi connectivity index (χ3n) is 4.62. The Kier molecular flexibility index (Phi) is 9.03. The topological polar surface area (TPSA) is 158 Å². The average molecular weight is 727 g/mol. The second kappa shape index (κ2) is 10.3. The van der Waals surface area contributed by atoms with Gasteiger partial charge in [0.25, 0.3) is 0 Å². The number of nitrogens with zero attached hydrogens (tertiary/aromatic N) is 1. The molecule has 29 heteroatoms. The third kappa shape index (κ3) is 5.38. The van der Waals surface area contributed by atoms with Gasteiger partial charge >= 0.3 is 66.8 Å². The Hall–Kier alpha value is -3.45. The lowest BCUT2D eigenvalue weighted by atomic mass is 10.0. The molecule has 1 aliphatic rings. The summed E-state index contributed by atoms with van der Waals surface area (Å²) in [5.41, 5.74) is -7.16. The fraction of sp³-hybridized carbons (Fsp3) is 0.533. The van der Waals surface area contributed by atoms with E-state index in [0.29, 0.717) is 6.07 Å². The van der Waals surface area contributed by atoms with E-state index in [2.05, 4.69) is 8.37 Å². The van der Waals surface area contributed by atoms with E-state index in [0.717, 1.165) is 0 Å². The molecule has 0 aliphatic heterocycles. The summed E-state index contributed by atoms with van der Waals surface area (Å²) in [6.07, 6.45) is -16.0. The van der Waals surface area contributed by atoms with E-state index >= 15 is 0 Å². The van der Waals surface area contributed by atoms with Crippen LogP contribution in [0.4, 0.5) is 79.0 Å². The molecule has 0 atom stereocenters. The van der Waals surface area contributed by atoms with E-state index in [9.17, 15) is 95.9 Å². The first-order valence-corrected chi connectivity index (χ1v) is 12.1. The number of hydrogen-bond donors (Lipinski definition) is 2. The molecule has 0 heterocycles. The summed E-state index contributed by atoms with van der Waals surface area (Å²) >= 11 is 0. The number of allylic oxidation sites excluding steroid dienone is 4. The van der Waals surface area contributed by atoms with Gasteiger partial charge < -0.3 is 8.37 Å². The highest BCUT2D eigenvalue weighted by molar-refractivity contribution is 7.88. The largest absolute Gasteiger partial charge is 0.460 e. The highest BCUT2D eigenvalue weighted by Crippen LogP contribution is 2.56. The van der Waals surface area contributed by atoms with Crippen molar-refractivity contribution in [3.05, 3.63) is 23.2 Å². The monoisotopic (exact) mass is 727 g/mol. The zero-order valence-electron chi connectivity index (χ0n) is 19.1. The Morgan fingerprint density at radius 1 is 0.568 bits per heavy atom. The predicted molar refractivity (Wildman–Crippen MR) is 98.0 cm³/mol. The molecule has 252 valence electrons. The second-order valence-electron chi connectivity index (χ2n) is 7.51. The van der Waals surface area contributed by atoms with Crippen LogP contribution in [-0.2, 0) is 28.6 Å². The SMILES string of the molecule is N#CC1=C(OS(=O)(=O)C(F)(F)C(F)(F)C(F)(F)C(F)(F)F)C(=N)C(=N)C(OS(=O)(=O)C(F)(F)C(F)(F)C(F)(F)C(F)(F)F)=C1. The highest BCUT2D eigenvalue weighted by Gasteiger charge is 2.87. The maximum absolute atomic E-state index is 13.9. The van der Waals surface area contributed by atoms with E-state index in [-0.39, 0.29) is 0 Å². The van der Waals surface area contributed by atoms with Crippen LogP contribution in [0.25, 0.3) is 0 Å². The molecule has 1 rings (SSSR count). The summed E-state index contributed by atoms with van der Waals surface area (Å²) in [5.74, 6) is -36.7. The molecule has 0 saturated carbocycles. The van der Waals surface area contributed by atoms with Gasteiger partial charge in [0, 0.05) is 6.08 Å². The maximum Gasteiger partial charge on any atom is 0.460 e. The number of hydrogen-bond acceptors (Lipinski definition) is 9. The molecule has 0 bridgehead atoms. The summed E-state index contributed by atoms with van der Waals surface area (Å²) in [7, 11) is -15.9. The van der Waals surface area contributed by atoms with E-state index in [4.69, 9.17) is 16.1 Å². The molecule has 2 N–H and O–H groups in total. The maximum atomic E-state index is 13.9. The lowest BCUT2D eigenvalue weighted by Crippen LogP contribution is -2.63. The van der Waals surface area contributed by atoms with Crippen molar-refractivity contribution in [1.29, 1.82) is 16.1 Å². The van der Waals surface area contributed by atoms with Crippen LogP contribution in [0.3, 0.4) is 0 Å². The van der Waals surface area contributed by atoms with Gasteiger partial charge in [-0.2, -0.15) is 101 Å². The average Bonchev–Trinajstić information content (AvgIpc) is 2.81. The van der Waals surface area contributed by atoms with Crippen LogP contribution in [0.1, 0.15) is 0 Å². The van der Waals surface area contributed by atoms with Crippen molar-refractivity contribution in [2.45, 2.75) is 46.6 Å². The number of alkyl halides is 18. The van der Waals surface area contributed by atoms with Crippen molar-refractivity contribution in [2.24, 2.45) is 0 Å². The normalized spacial score (nSPS) is 17.3. The molecule has 0 radical (unpaired) electrons. The van der Waals surface area contributed by atoms with Gasteiger partial charge in [-0.05, 0) is 0 Å². The lowest BCUT2D eigenvalue weighted by molar-refractivity contribution is -0.382. The zero-order valence-corrected chi connectivity index (χ0v) is 20.7. The summed E-state index contributed by atoms with van der Waals surface area (Å²) in [6, 6.07) is 0.438. The molecule has 9 nitrogen and oxygen atoms in total. The number of rotatable bonds is 10. The molecule has 0 aromatic rings. The van der Waals surface area contributed by atoms with E-state index in [1.807, 2.05) is 0 Å². The van der Waals surface area contributed by atoms with Gasteiger partial charge in [-0.1, -0.05) is 0 Å². The first kappa shape index (κ1) is 38.6. The zero-order chi connectivity index (χ0) is 35.7. The van der Waals surface area contributed by atoms with Crippen LogP contribution in [0.15, 0.2) is 23.2 Å². The first-order chi connectivity index (χ1) is 18.9. The van der Waals surface area contributed by atoms with Crippen molar-refractivity contribution in [2.75, 3.05) is 0 Å². The van der Waals surface area contributed by atoms with Crippen molar-refractivity contribution in [3.63, 3.8) is 0 Å². The van der Waals surface area contributed by atoms with Crippen LogP contribution < -0.4 is 0 Å². The summed E-state index contributed by atoms with van der Waals surface area (Å²) < 4.78 is 287. The predicted octanol–water partition coefficient (Wildman–Crippen LogP) is 5.25. The lowest BCUT2D eigenvalue weighted by Gasteiger charge is -2.33. The second-order valence-corrected chi connectivity index (χ2v) is 10.7. The highest BCUT2D eigenvalue weighted by atomic mass is 32.2. The molecule has 0 aromatic carbocycles. The van der Waals surface area contributed by atoms with Crippen LogP contribution in [-0.4, -0.2) is 74.8 Å². The van der Waals surface area contributed by atoms with Gasteiger partial charge in [-0.25, -0.2) is 0 Å². The Balaban J connectivity index is 3.74. The molecule has 0 saturated heterocycles. The Bertz CT molecular complexity index is 1570. The molecular formula is C15H3F18N3O6S2. The van der Waals surface area contributed by atoms with Gasteiger partial charge in [0.1, 0.15) is 23.1 Å².